The smallest absolute Gasteiger partial charge is 0.223 e. The number of hydrogen-bond donors (Lipinski definition) is 0. The highest BCUT2D eigenvalue weighted by atomic mass is 79.9. The van der Waals surface area contributed by atoms with Crippen molar-refractivity contribution < 1.29 is 4.79 Å². The molecule has 1 aromatic rings. The Morgan fingerprint density at radius 2 is 2.38 bits per heavy atom. The number of carbonyl (C=O) groups is 1. The van der Waals surface area contributed by atoms with Crippen molar-refractivity contribution in [3.63, 3.8) is 0 Å². The van der Waals surface area contributed by atoms with Crippen LogP contribution in [0, 0.1) is 0 Å². The average molecular weight is 281 g/mol. The number of rotatable bonds is 1. The van der Waals surface area contributed by atoms with Crippen molar-refractivity contribution in [2.45, 2.75) is 13.3 Å². The first-order valence-corrected chi connectivity index (χ1v) is 5.58. The van der Waals surface area contributed by atoms with Gasteiger partial charge >= 0.3 is 0 Å². The van der Waals surface area contributed by atoms with E-state index in [0.29, 0.717) is 12.2 Å². The zero-order valence-electron chi connectivity index (χ0n) is 8.64. The van der Waals surface area contributed by atoms with Crippen LogP contribution in [-0.2, 0) is 11.2 Å². The van der Waals surface area contributed by atoms with Crippen LogP contribution in [0.4, 0.5) is 11.4 Å². The predicted molar refractivity (Wildman–Crippen MR) is 64.7 cm³/mol. The Morgan fingerprint density at radius 3 is 3.00 bits per heavy atom. The van der Waals surface area contributed by atoms with Crippen LogP contribution in [0.2, 0.25) is 0 Å². The summed E-state index contributed by atoms with van der Waals surface area (Å²) < 4.78 is 0.792. The van der Waals surface area contributed by atoms with Crippen LogP contribution in [0.15, 0.2) is 21.7 Å². The van der Waals surface area contributed by atoms with Crippen LogP contribution in [0.3, 0.4) is 0 Å². The van der Waals surface area contributed by atoms with E-state index in [1.54, 1.807) is 17.9 Å². The van der Waals surface area contributed by atoms with Gasteiger partial charge in [-0.2, -0.15) is 0 Å². The first kappa shape index (κ1) is 11.0. The van der Waals surface area contributed by atoms with Gasteiger partial charge in [0.2, 0.25) is 5.91 Å². The minimum Gasteiger partial charge on any atom is -0.311 e. The van der Waals surface area contributed by atoms with Gasteiger partial charge in [-0.05, 0) is 45.6 Å². The third kappa shape index (κ3) is 1.77. The van der Waals surface area contributed by atoms with Gasteiger partial charge in [-0.15, -0.1) is 0 Å². The third-order valence-corrected chi connectivity index (χ3v) is 3.15. The average Bonchev–Trinajstić information content (AvgIpc) is 2.62. The molecule has 0 bridgehead atoms. The largest absolute Gasteiger partial charge is 0.311 e. The number of amides is 1. The van der Waals surface area contributed by atoms with Crippen LogP contribution in [0.25, 0.3) is 10.4 Å². The minimum atomic E-state index is 0.0241. The van der Waals surface area contributed by atoms with Crippen LogP contribution in [-0.4, -0.2) is 12.5 Å². The number of azide groups is 1. The molecule has 0 saturated carbocycles. The fraction of sp³-hybridized carbons (Fsp3) is 0.300. The zero-order chi connectivity index (χ0) is 11.7. The lowest BCUT2D eigenvalue weighted by molar-refractivity contribution is -0.116. The maximum Gasteiger partial charge on any atom is 0.223 e. The summed E-state index contributed by atoms with van der Waals surface area (Å²) >= 11 is 3.40. The summed E-state index contributed by atoms with van der Waals surface area (Å²) in [6.45, 7) is 2.23. The maximum absolute atomic E-state index is 11.4. The van der Waals surface area contributed by atoms with Crippen molar-refractivity contribution in [3.05, 3.63) is 32.6 Å². The van der Waals surface area contributed by atoms with E-state index in [1.165, 1.54) is 0 Å². The van der Waals surface area contributed by atoms with E-state index in [2.05, 4.69) is 26.0 Å². The summed E-state index contributed by atoms with van der Waals surface area (Å²) in [6.07, 6.45) is 0.794. The summed E-state index contributed by atoms with van der Waals surface area (Å²) in [5.41, 5.74) is 10.9. The topological polar surface area (TPSA) is 69.1 Å². The lowest BCUT2D eigenvalue weighted by Gasteiger charge is -2.16. The quantitative estimate of drug-likeness (QED) is 0.442. The Hall–Kier alpha value is -1.52. The second-order valence-electron chi connectivity index (χ2n) is 3.55. The Morgan fingerprint density at radius 1 is 1.62 bits per heavy atom. The highest BCUT2D eigenvalue weighted by molar-refractivity contribution is 9.10. The lowest BCUT2D eigenvalue weighted by Crippen LogP contribution is -2.26. The van der Waals surface area contributed by atoms with Gasteiger partial charge in [-0.25, -0.2) is 0 Å². The Balaban J connectivity index is 2.53. The van der Waals surface area contributed by atoms with Crippen LogP contribution in [0.1, 0.15) is 12.5 Å². The van der Waals surface area contributed by atoms with Gasteiger partial charge in [0.1, 0.15) is 0 Å². The molecule has 6 heteroatoms. The number of benzene rings is 1. The molecular formula is C10H9BrN4O. The van der Waals surface area contributed by atoms with Crippen molar-refractivity contribution in [2.24, 2.45) is 5.11 Å². The van der Waals surface area contributed by atoms with E-state index < -0.39 is 0 Å². The van der Waals surface area contributed by atoms with E-state index in [9.17, 15) is 4.79 Å². The van der Waals surface area contributed by atoms with Gasteiger partial charge in [0.05, 0.1) is 5.69 Å². The van der Waals surface area contributed by atoms with Crippen LogP contribution < -0.4 is 4.90 Å². The predicted octanol–water partition coefficient (Wildman–Crippen LogP) is 3.30. The number of carbonyl (C=O) groups excluding carboxylic acids is 1. The standard InChI is InChI=1S/C10H9BrN4O/c1-6(16)15-3-2-7-4-8(13-14-12)5-9(11)10(7)15/h4-5H,2-3H2,1H3. The minimum absolute atomic E-state index is 0.0241. The van der Waals surface area contributed by atoms with Crippen molar-refractivity contribution in [1.82, 2.24) is 0 Å². The third-order valence-electron chi connectivity index (χ3n) is 2.54. The molecule has 1 heterocycles. The SMILES string of the molecule is CC(=O)N1CCc2cc(N=[N+]=[N-])cc(Br)c21. The molecule has 1 amide bonds. The molecule has 1 aliphatic heterocycles. The molecule has 2 rings (SSSR count). The van der Waals surface area contributed by atoms with Gasteiger partial charge in [0.25, 0.3) is 0 Å². The molecule has 5 nitrogen and oxygen atoms in total. The molecule has 16 heavy (non-hydrogen) atoms. The van der Waals surface area contributed by atoms with E-state index >= 15 is 0 Å². The van der Waals surface area contributed by atoms with Crippen LogP contribution >= 0.6 is 15.9 Å². The number of fused-ring (bicyclic) bond motifs is 1. The van der Waals surface area contributed by atoms with Gasteiger partial charge in [0.15, 0.2) is 0 Å². The summed E-state index contributed by atoms with van der Waals surface area (Å²) in [6, 6.07) is 3.54. The fourth-order valence-corrected chi connectivity index (χ4v) is 2.60. The summed E-state index contributed by atoms with van der Waals surface area (Å²) in [4.78, 5) is 15.9. The first-order valence-electron chi connectivity index (χ1n) is 4.79. The zero-order valence-corrected chi connectivity index (χ0v) is 10.2. The number of hydrogen-bond acceptors (Lipinski definition) is 2. The molecule has 1 aromatic carbocycles. The molecular weight excluding hydrogens is 272 g/mol. The normalized spacial score (nSPS) is 13.2. The second kappa shape index (κ2) is 4.15. The van der Waals surface area contributed by atoms with Crippen molar-refractivity contribution in [2.75, 3.05) is 11.4 Å². The van der Waals surface area contributed by atoms with Crippen molar-refractivity contribution in [1.29, 1.82) is 0 Å². The molecule has 0 saturated heterocycles. The van der Waals surface area contributed by atoms with Gasteiger partial charge in [-0.3, -0.25) is 4.79 Å². The molecule has 82 valence electrons. The molecule has 0 atom stereocenters. The molecule has 1 aliphatic rings. The summed E-state index contributed by atoms with van der Waals surface area (Å²) in [5, 5.41) is 3.56. The Bertz CT molecular complexity index is 508. The number of anilines is 1. The molecule has 0 radical (unpaired) electrons. The number of halogens is 1. The van der Waals surface area contributed by atoms with Crippen molar-refractivity contribution >= 4 is 33.2 Å². The van der Waals surface area contributed by atoms with E-state index in [-0.39, 0.29) is 5.91 Å². The second-order valence-corrected chi connectivity index (χ2v) is 4.40. The van der Waals surface area contributed by atoms with E-state index in [0.717, 1.165) is 22.1 Å². The van der Waals surface area contributed by atoms with Gasteiger partial charge in [-0.1, -0.05) is 5.11 Å². The lowest BCUT2D eigenvalue weighted by atomic mass is 10.1. The molecule has 0 N–H and O–H groups in total. The highest BCUT2D eigenvalue weighted by Crippen LogP contribution is 2.38. The van der Waals surface area contributed by atoms with E-state index in [1.807, 2.05) is 6.07 Å². The van der Waals surface area contributed by atoms with Gasteiger partial charge < -0.3 is 4.90 Å². The van der Waals surface area contributed by atoms with Crippen LogP contribution in [0.5, 0.6) is 0 Å². The molecule has 0 aromatic heterocycles. The Kier molecular flexibility index (Phi) is 2.85. The monoisotopic (exact) mass is 280 g/mol. The molecule has 0 spiro atoms. The molecule has 0 fully saturated rings. The Labute approximate surface area is 101 Å². The fourth-order valence-electron chi connectivity index (χ4n) is 1.90. The maximum atomic E-state index is 11.4. The van der Waals surface area contributed by atoms with Gasteiger partial charge in [0, 0.05) is 28.5 Å². The summed E-state index contributed by atoms with van der Waals surface area (Å²) in [5.74, 6) is 0.0241. The molecule has 0 unspecified atom stereocenters. The highest BCUT2D eigenvalue weighted by Gasteiger charge is 2.24. The summed E-state index contributed by atoms with van der Waals surface area (Å²) in [7, 11) is 0. The number of nitrogens with zero attached hydrogens (tertiary/aromatic N) is 4. The first-order chi connectivity index (χ1) is 7.63. The van der Waals surface area contributed by atoms with E-state index in [4.69, 9.17) is 5.53 Å². The van der Waals surface area contributed by atoms with Crippen molar-refractivity contribution in [3.8, 4) is 0 Å². The molecule has 0 aliphatic carbocycles.